The molecule has 100 valence electrons. The van der Waals surface area contributed by atoms with Crippen molar-refractivity contribution in [3.8, 4) is 0 Å². The molecule has 1 atom stereocenters. The summed E-state index contributed by atoms with van der Waals surface area (Å²) in [6, 6.07) is 9.52. The Morgan fingerprint density at radius 2 is 1.35 bits per heavy atom. The summed E-state index contributed by atoms with van der Waals surface area (Å²) in [5.41, 5.74) is 0.965. The van der Waals surface area contributed by atoms with Crippen molar-refractivity contribution in [2.75, 3.05) is 19.8 Å². The highest BCUT2D eigenvalue weighted by atomic mass is 16.3. The molecule has 0 spiro atoms. The third-order valence-electron chi connectivity index (χ3n) is 1.39. The standard InChI is InChI=1S/C7H8O.C3H8O2.C2H6O2/c8-6-7-4-2-1-3-5-7;1-3(5)2-4;3-1-2-4/h1-5,8H,6H2;3-5H,2H2,1H3;3-4H,1-2H2. The molecular weight excluding hydrogens is 224 g/mol. The van der Waals surface area contributed by atoms with E-state index in [0.29, 0.717) is 0 Å². The SMILES string of the molecule is CC(O)CO.OCCO.OCc1ccccc1. The van der Waals surface area contributed by atoms with Crippen molar-refractivity contribution in [3.63, 3.8) is 0 Å². The molecule has 0 aromatic heterocycles. The summed E-state index contributed by atoms with van der Waals surface area (Å²) in [5.74, 6) is 0. The van der Waals surface area contributed by atoms with Gasteiger partial charge in [0.1, 0.15) is 0 Å². The zero-order valence-corrected chi connectivity index (χ0v) is 10.0. The van der Waals surface area contributed by atoms with Crippen LogP contribution in [0.4, 0.5) is 0 Å². The van der Waals surface area contributed by atoms with Gasteiger partial charge in [0.05, 0.1) is 32.5 Å². The first kappa shape index (κ1) is 18.4. The number of rotatable bonds is 3. The van der Waals surface area contributed by atoms with Crippen LogP contribution in [-0.4, -0.2) is 51.5 Å². The molecule has 0 amide bonds. The predicted molar refractivity (Wildman–Crippen MR) is 65.3 cm³/mol. The normalized spacial score (nSPS) is 10.5. The fourth-order valence-corrected chi connectivity index (χ4v) is 0.583. The zero-order chi connectivity index (χ0) is 13.5. The third-order valence-corrected chi connectivity index (χ3v) is 1.39. The number of aliphatic hydroxyl groups excluding tert-OH is 5. The van der Waals surface area contributed by atoms with E-state index in [2.05, 4.69) is 0 Å². The summed E-state index contributed by atoms with van der Waals surface area (Å²) in [6.07, 6.45) is -0.560. The molecule has 17 heavy (non-hydrogen) atoms. The Bertz CT molecular complexity index is 224. The van der Waals surface area contributed by atoms with Gasteiger partial charge in [-0.25, -0.2) is 0 Å². The number of aliphatic hydroxyl groups is 5. The highest BCUT2D eigenvalue weighted by Crippen LogP contribution is 1.95. The van der Waals surface area contributed by atoms with Crippen molar-refractivity contribution < 1.29 is 25.5 Å². The molecule has 5 heteroatoms. The molecule has 0 heterocycles. The van der Waals surface area contributed by atoms with Gasteiger partial charge in [0, 0.05) is 0 Å². The molecule has 1 unspecified atom stereocenters. The summed E-state index contributed by atoms with van der Waals surface area (Å²) in [4.78, 5) is 0. The Kier molecular flexibility index (Phi) is 16.2. The zero-order valence-electron chi connectivity index (χ0n) is 10.0. The second-order valence-corrected chi connectivity index (χ2v) is 3.12. The smallest absolute Gasteiger partial charge is 0.0742 e. The van der Waals surface area contributed by atoms with Crippen molar-refractivity contribution in [2.45, 2.75) is 19.6 Å². The van der Waals surface area contributed by atoms with Gasteiger partial charge in [0.25, 0.3) is 0 Å². The average Bonchev–Trinajstić information content (AvgIpc) is 2.40. The van der Waals surface area contributed by atoms with Crippen LogP contribution in [0.25, 0.3) is 0 Å². The van der Waals surface area contributed by atoms with Crippen molar-refractivity contribution in [1.29, 1.82) is 0 Å². The fourth-order valence-electron chi connectivity index (χ4n) is 0.583. The quantitative estimate of drug-likeness (QED) is 0.495. The molecule has 5 N–H and O–H groups in total. The second kappa shape index (κ2) is 15.0. The Hall–Kier alpha value is -0.980. The van der Waals surface area contributed by atoms with Gasteiger partial charge in [-0.2, -0.15) is 0 Å². The fraction of sp³-hybridized carbons (Fsp3) is 0.500. The van der Waals surface area contributed by atoms with E-state index in [1.165, 1.54) is 6.92 Å². The highest BCUT2D eigenvalue weighted by Gasteiger charge is 1.83. The summed E-state index contributed by atoms with van der Waals surface area (Å²) < 4.78 is 0. The molecule has 1 aromatic carbocycles. The maximum Gasteiger partial charge on any atom is 0.0742 e. The van der Waals surface area contributed by atoms with Crippen LogP contribution in [0.3, 0.4) is 0 Å². The van der Waals surface area contributed by atoms with E-state index in [-0.39, 0.29) is 26.4 Å². The predicted octanol–water partition coefficient (Wildman–Crippen LogP) is -0.491. The first-order valence-electron chi connectivity index (χ1n) is 5.27. The summed E-state index contributed by atoms with van der Waals surface area (Å²) in [5, 5.41) is 39.8. The molecule has 1 aromatic rings. The van der Waals surface area contributed by atoms with Crippen molar-refractivity contribution in [2.24, 2.45) is 0 Å². The molecule has 0 bridgehead atoms. The van der Waals surface area contributed by atoms with Crippen LogP contribution in [0.2, 0.25) is 0 Å². The van der Waals surface area contributed by atoms with Crippen LogP contribution >= 0.6 is 0 Å². The molecule has 0 aliphatic heterocycles. The van der Waals surface area contributed by atoms with E-state index < -0.39 is 6.10 Å². The van der Waals surface area contributed by atoms with Crippen LogP contribution < -0.4 is 0 Å². The van der Waals surface area contributed by atoms with Crippen molar-refractivity contribution in [1.82, 2.24) is 0 Å². The van der Waals surface area contributed by atoms with E-state index in [9.17, 15) is 0 Å². The van der Waals surface area contributed by atoms with Gasteiger partial charge < -0.3 is 25.5 Å². The first-order chi connectivity index (χ1) is 8.12. The minimum atomic E-state index is -0.560. The molecule has 0 aliphatic rings. The van der Waals surface area contributed by atoms with Gasteiger partial charge in [-0.3, -0.25) is 0 Å². The second-order valence-electron chi connectivity index (χ2n) is 3.12. The molecule has 0 saturated carbocycles. The minimum Gasteiger partial charge on any atom is -0.394 e. The average molecular weight is 246 g/mol. The molecule has 5 nitrogen and oxygen atoms in total. The molecule has 1 rings (SSSR count). The van der Waals surface area contributed by atoms with Gasteiger partial charge in [0.2, 0.25) is 0 Å². The van der Waals surface area contributed by atoms with Gasteiger partial charge >= 0.3 is 0 Å². The van der Waals surface area contributed by atoms with Gasteiger partial charge in [-0.15, -0.1) is 0 Å². The Labute approximate surface area is 102 Å². The highest BCUT2D eigenvalue weighted by molar-refractivity contribution is 5.12. The van der Waals surface area contributed by atoms with Crippen molar-refractivity contribution >= 4 is 0 Å². The van der Waals surface area contributed by atoms with E-state index >= 15 is 0 Å². The number of hydrogen-bond acceptors (Lipinski definition) is 5. The molecule has 0 radical (unpaired) electrons. The topological polar surface area (TPSA) is 101 Å². The molecule has 0 saturated heterocycles. The summed E-state index contributed by atoms with van der Waals surface area (Å²) in [6.45, 7) is 1.28. The lowest BCUT2D eigenvalue weighted by Gasteiger charge is -1.90. The largest absolute Gasteiger partial charge is 0.394 e. The molecule has 0 aliphatic carbocycles. The summed E-state index contributed by atoms with van der Waals surface area (Å²) >= 11 is 0. The number of hydrogen-bond donors (Lipinski definition) is 5. The maximum atomic E-state index is 8.54. The van der Waals surface area contributed by atoms with Crippen LogP contribution in [0.1, 0.15) is 12.5 Å². The monoisotopic (exact) mass is 246 g/mol. The maximum absolute atomic E-state index is 8.54. The Morgan fingerprint density at radius 1 is 0.941 bits per heavy atom. The lowest BCUT2D eigenvalue weighted by molar-refractivity contribution is 0.110. The van der Waals surface area contributed by atoms with Gasteiger partial charge in [-0.1, -0.05) is 30.3 Å². The third kappa shape index (κ3) is 17.6. The first-order valence-corrected chi connectivity index (χ1v) is 5.27. The van der Waals surface area contributed by atoms with Crippen LogP contribution in [-0.2, 0) is 6.61 Å². The Morgan fingerprint density at radius 3 is 1.53 bits per heavy atom. The van der Waals surface area contributed by atoms with Crippen molar-refractivity contribution in [3.05, 3.63) is 35.9 Å². The molecule has 0 fully saturated rings. The van der Waals surface area contributed by atoms with E-state index in [4.69, 9.17) is 25.5 Å². The van der Waals surface area contributed by atoms with E-state index in [1.54, 1.807) is 0 Å². The van der Waals surface area contributed by atoms with Gasteiger partial charge in [-0.05, 0) is 12.5 Å². The van der Waals surface area contributed by atoms with E-state index in [0.717, 1.165) is 5.56 Å². The Balaban J connectivity index is 0. The van der Waals surface area contributed by atoms with Crippen LogP contribution in [0.15, 0.2) is 30.3 Å². The summed E-state index contributed by atoms with van der Waals surface area (Å²) in [7, 11) is 0. The van der Waals surface area contributed by atoms with Gasteiger partial charge in [0.15, 0.2) is 0 Å². The van der Waals surface area contributed by atoms with E-state index in [1.807, 2.05) is 30.3 Å². The minimum absolute atomic E-state index is 0.125. The van der Waals surface area contributed by atoms with Crippen LogP contribution in [0, 0.1) is 0 Å². The van der Waals surface area contributed by atoms with Crippen LogP contribution in [0.5, 0.6) is 0 Å². The molecular formula is C12H22O5. The lowest BCUT2D eigenvalue weighted by Crippen LogP contribution is -2.03. The number of benzene rings is 1. The lowest BCUT2D eigenvalue weighted by atomic mass is 10.2.